The van der Waals surface area contributed by atoms with E-state index in [0.717, 1.165) is 12.0 Å². The Hall–Kier alpha value is -3.48. The van der Waals surface area contributed by atoms with E-state index >= 15 is 0 Å². The van der Waals surface area contributed by atoms with Crippen LogP contribution in [-0.4, -0.2) is 28.3 Å². The summed E-state index contributed by atoms with van der Waals surface area (Å²) in [7, 11) is 0. The van der Waals surface area contributed by atoms with Crippen LogP contribution in [0.3, 0.4) is 0 Å². The average molecular weight is 421 g/mol. The molecule has 162 valence electrons. The lowest BCUT2D eigenvalue weighted by Gasteiger charge is -2.15. The Morgan fingerprint density at radius 2 is 1.65 bits per heavy atom. The third-order valence-electron chi connectivity index (χ3n) is 4.99. The Kier molecular flexibility index (Phi) is 7.18. The van der Waals surface area contributed by atoms with Crippen molar-refractivity contribution in [2.45, 2.75) is 39.8 Å². The van der Waals surface area contributed by atoms with Crippen LogP contribution in [0.5, 0.6) is 0 Å². The van der Waals surface area contributed by atoms with Gasteiger partial charge in [0.1, 0.15) is 0 Å². The van der Waals surface area contributed by atoms with Gasteiger partial charge in [-0.1, -0.05) is 62.4 Å². The van der Waals surface area contributed by atoms with Crippen LogP contribution in [-0.2, 0) is 16.1 Å². The molecular formula is C24H27N3O4. The number of ether oxygens (including phenoxy) is 1. The minimum atomic E-state index is -0.739. The Morgan fingerprint density at radius 1 is 1.00 bits per heavy atom. The van der Waals surface area contributed by atoms with E-state index in [1.165, 1.54) is 4.68 Å². The number of rotatable bonds is 8. The second kappa shape index (κ2) is 10.0. The van der Waals surface area contributed by atoms with Crippen LogP contribution in [0.25, 0.3) is 10.8 Å². The van der Waals surface area contributed by atoms with E-state index in [-0.39, 0.29) is 17.3 Å². The molecule has 7 nitrogen and oxygen atoms in total. The molecule has 3 aromatic rings. The summed E-state index contributed by atoms with van der Waals surface area (Å²) in [6.45, 7) is 5.93. The van der Waals surface area contributed by atoms with Gasteiger partial charge < -0.3 is 10.1 Å². The summed E-state index contributed by atoms with van der Waals surface area (Å²) >= 11 is 0. The highest BCUT2D eigenvalue weighted by atomic mass is 16.5. The van der Waals surface area contributed by atoms with Crippen molar-refractivity contribution in [3.8, 4) is 0 Å². The smallest absolute Gasteiger partial charge is 0.359 e. The van der Waals surface area contributed by atoms with Crippen LogP contribution in [0.15, 0.2) is 59.4 Å². The predicted octanol–water partition coefficient (Wildman–Crippen LogP) is 3.48. The maximum atomic E-state index is 12.7. The molecule has 0 aliphatic rings. The van der Waals surface area contributed by atoms with Crippen LogP contribution >= 0.6 is 0 Å². The lowest BCUT2D eigenvalue weighted by molar-refractivity contribution is -0.124. The second-order valence-electron chi connectivity index (χ2n) is 7.88. The average Bonchev–Trinajstić information content (AvgIpc) is 2.77. The molecule has 0 spiro atoms. The normalized spacial score (nSPS) is 12.0. The molecule has 2 aromatic carbocycles. The molecule has 0 unspecified atom stereocenters. The quantitative estimate of drug-likeness (QED) is 0.563. The van der Waals surface area contributed by atoms with Crippen molar-refractivity contribution >= 4 is 22.6 Å². The fourth-order valence-electron chi connectivity index (χ4n) is 3.23. The number of esters is 1. The van der Waals surface area contributed by atoms with E-state index in [2.05, 4.69) is 24.3 Å². The van der Waals surface area contributed by atoms with Crippen molar-refractivity contribution in [2.24, 2.45) is 5.92 Å². The first-order valence-electron chi connectivity index (χ1n) is 10.4. The van der Waals surface area contributed by atoms with Gasteiger partial charge in [0.2, 0.25) is 0 Å². The molecule has 1 aromatic heterocycles. The fraction of sp³-hybridized carbons (Fsp3) is 0.333. The number of hydrogen-bond acceptors (Lipinski definition) is 5. The number of aromatic nitrogens is 2. The van der Waals surface area contributed by atoms with Crippen LogP contribution in [0.2, 0.25) is 0 Å². The van der Waals surface area contributed by atoms with Crippen molar-refractivity contribution in [1.82, 2.24) is 15.1 Å². The number of hydrogen-bond donors (Lipinski definition) is 1. The molecule has 1 amide bonds. The van der Waals surface area contributed by atoms with Gasteiger partial charge in [-0.3, -0.25) is 9.59 Å². The molecule has 7 heteroatoms. The van der Waals surface area contributed by atoms with Gasteiger partial charge in [-0.15, -0.1) is 0 Å². The molecule has 1 heterocycles. The van der Waals surface area contributed by atoms with E-state index in [1.54, 1.807) is 24.3 Å². The van der Waals surface area contributed by atoms with Gasteiger partial charge in [0.05, 0.1) is 11.4 Å². The molecule has 0 saturated heterocycles. The molecule has 1 atom stereocenters. The topological polar surface area (TPSA) is 90.3 Å². The van der Waals surface area contributed by atoms with Crippen LogP contribution in [0, 0.1) is 5.92 Å². The van der Waals surface area contributed by atoms with Crippen LogP contribution < -0.4 is 10.9 Å². The molecule has 0 radical (unpaired) electrons. The van der Waals surface area contributed by atoms with Gasteiger partial charge in [-0.25, -0.2) is 9.48 Å². The number of aryl methyl sites for hydroxylation is 1. The molecule has 0 fully saturated rings. The van der Waals surface area contributed by atoms with Gasteiger partial charge in [-0.2, -0.15) is 5.10 Å². The van der Waals surface area contributed by atoms with Gasteiger partial charge in [0.15, 0.2) is 12.3 Å². The summed E-state index contributed by atoms with van der Waals surface area (Å²) in [6, 6.07) is 16.1. The zero-order valence-corrected chi connectivity index (χ0v) is 18.0. The van der Waals surface area contributed by atoms with Crippen LogP contribution in [0.4, 0.5) is 0 Å². The number of nitrogens with one attached hydrogen (secondary N) is 1. The maximum absolute atomic E-state index is 12.7. The van der Waals surface area contributed by atoms with Crippen molar-refractivity contribution in [3.63, 3.8) is 0 Å². The molecule has 3 rings (SSSR count). The number of carbonyl (C=O) groups excluding carboxylic acids is 2. The van der Waals surface area contributed by atoms with Gasteiger partial charge in [0.25, 0.3) is 11.5 Å². The third kappa shape index (κ3) is 5.57. The summed E-state index contributed by atoms with van der Waals surface area (Å²) < 4.78 is 6.53. The Bertz CT molecular complexity index is 1120. The monoisotopic (exact) mass is 421 g/mol. The van der Waals surface area contributed by atoms with Gasteiger partial charge >= 0.3 is 5.97 Å². The Morgan fingerprint density at radius 3 is 2.32 bits per heavy atom. The third-order valence-corrected chi connectivity index (χ3v) is 4.99. The Balaban J connectivity index is 1.74. The lowest BCUT2D eigenvalue weighted by Crippen LogP contribution is -2.32. The first-order chi connectivity index (χ1) is 14.9. The summed E-state index contributed by atoms with van der Waals surface area (Å²) in [5, 5.41) is 7.87. The first-order valence-corrected chi connectivity index (χ1v) is 10.4. The number of amides is 1. The summed E-state index contributed by atoms with van der Waals surface area (Å²) in [4.78, 5) is 37.7. The molecule has 0 saturated carbocycles. The van der Waals surface area contributed by atoms with Crippen LogP contribution in [0.1, 0.15) is 49.3 Å². The van der Waals surface area contributed by atoms with Crippen molar-refractivity contribution < 1.29 is 14.3 Å². The van der Waals surface area contributed by atoms with E-state index in [9.17, 15) is 14.4 Å². The van der Waals surface area contributed by atoms with Gasteiger partial charge in [-0.05, 0) is 30.9 Å². The molecule has 1 N–H and O–H groups in total. The van der Waals surface area contributed by atoms with Crippen molar-refractivity contribution in [2.75, 3.05) is 6.61 Å². The molecule has 0 bridgehead atoms. The molecule has 31 heavy (non-hydrogen) atoms. The Labute approximate surface area is 181 Å². The highest BCUT2D eigenvalue weighted by molar-refractivity contribution is 6.02. The number of carbonyl (C=O) groups is 2. The molecule has 0 aliphatic heterocycles. The number of fused-ring (bicyclic) bond motifs is 1. The van der Waals surface area contributed by atoms with E-state index in [1.807, 2.05) is 37.3 Å². The summed E-state index contributed by atoms with van der Waals surface area (Å²) in [6.07, 6.45) is 0.750. The molecular weight excluding hydrogens is 394 g/mol. The lowest BCUT2D eigenvalue weighted by atomic mass is 10.1. The largest absolute Gasteiger partial charge is 0.451 e. The number of benzene rings is 2. The summed E-state index contributed by atoms with van der Waals surface area (Å²) in [5.41, 5.74) is 0.733. The highest BCUT2D eigenvalue weighted by Crippen LogP contribution is 2.15. The van der Waals surface area contributed by atoms with E-state index in [4.69, 9.17) is 4.74 Å². The number of nitrogens with zero attached hydrogens (tertiary/aromatic N) is 2. The fourth-order valence-corrected chi connectivity index (χ4v) is 3.23. The first kappa shape index (κ1) is 22.2. The maximum Gasteiger partial charge on any atom is 0.359 e. The van der Waals surface area contributed by atoms with Crippen molar-refractivity contribution in [1.29, 1.82) is 0 Å². The minimum absolute atomic E-state index is 0.0304. The second-order valence-corrected chi connectivity index (χ2v) is 7.88. The van der Waals surface area contributed by atoms with Gasteiger partial charge in [0, 0.05) is 11.9 Å². The zero-order valence-electron chi connectivity index (χ0n) is 18.0. The SMILES string of the molecule is CC(C)CCn1nc(C(=O)OCC(=O)N[C@H](C)c2ccccc2)c2ccccc2c1=O. The van der Waals surface area contributed by atoms with Crippen molar-refractivity contribution in [3.05, 3.63) is 76.2 Å². The zero-order chi connectivity index (χ0) is 22.4. The molecule has 0 aliphatic carbocycles. The standard InChI is InChI=1S/C24H27N3O4/c1-16(2)13-14-27-23(29)20-12-8-7-11-19(20)22(26-27)24(30)31-15-21(28)25-17(3)18-9-5-4-6-10-18/h4-12,16-17H,13-15H2,1-3H3,(H,25,28)/t17-/m1/s1. The van der Waals surface area contributed by atoms with E-state index < -0.39 is 18.5 Å². The summed E-state index contributed by atoms with van der Waals surface area (Å²) in [5.74, 6) is -0.773. The van der Waals surface area contributed by atoms with E-state index in [0.29, 0.717) is 23.2 Å². The predicted molar refractivity (Wildman–Crippen MR) is 119 cm³/mol. The minimum Gasteiger partial charge on any atom is -0.451 e. The highest BCUT2D eigenvalue weighted by Gasteiger charge is 2.19.